The predicted octanol–water partition coefficient (Wildman–Crippen LogP) is 3.19. The minimum Gasteiger partial charge on any atom is -0.294 e. The number of rotatable bonds is 1. The van der Waals surface area contributed by atoms with Crippen LogP contribution in [0.4, 0.5) is 0 Å². The van der Waals surface area contributed by atoms with Gasteiger partial charge < -0.3 is 0 Å². The van der Waals surface area contributed by atoms with Crippen LogP contribution in [0.25, 0.3) is 0 Å². The Bertz CT molecular complexity index is 221. The third kappa shape index (κ3) is 1.25. The van der Waals surface area contributed by atoms with Crippen molar-refractivity contribution in [1.29, 1.82) is 0 Å². The summed E-state index contributed by atoms with van der Waals surface area (Å²) in [5.41, 5.74) is 0.696. The molecule has 0 radical (unpaired) electrons. The molecular formula is C13H23N. The van der Waals surface area contributed by atoms with Crippen LogP contribution in [0.1, 0.15) is 58.3 Å². The van der Waals surface area contributed by atoms with Crippen LogP contribution >= 0.6 is 0 Å². The van der Waals surface area contributed by atoms with E-state index in [1.165, 1.54) is 57.9 Å². The topological polar surface area (TPSA) is 3.24 Å². The van der Waals surface area contributed by atoms with Gasteiger partial charge in [0.25, 0.3) is 0 Å². The highest BCUT2D eigenvalue weighted by Gasteiger charge is 2.56. The third-order valence-corrected chi connectivity index (χ3v) is 5.01. The van der Waals surface area contributed by atoms with Gasteiger partial charge in [-0.2, -0.15) is 0 Å². The van der Waals surface area contributed by atoms with Gasteiger partial charge in [0.15, 0.2) is 0 Å². The third-order valence-electron chi connectivity index (χ3n) is 5.01. The Labute approximate surface area is 87.9 Å². The molecular weight excluding hydrogens is 170 g/mol. The number of hydrogen-bond donors (Lipinski definition) is 0. The molecule has 0 aromatic carbocycles. The molecule has 1 nitrogen and oxygen atoms in total. The van der Waals surface area contributed by atoms with Gasteiger partial charge in [-0.15, -0.1) is 0 Å². The van der Waals surface area contributed by atoms with Crippen molar-refractivity contribution in [2.24, 2.45) is 5.92 Å². The second kappa shape index (κ2) is 3.23. The van der Waals surface area contributed by atoms with Crippen LogP contribution in [0.3, 0.4) is 0 Å². The van der Waals surface area contributed by atoms with Gasteiger partial charge in [0, 0.05) is 11.6 Å². The molecule has 3 fully saturated rings. The monoisotopic (exact) mass is 193 g/mol. The SMILES string of the molecule is C[C@@H]1CC12CCCCCN2C1CCC1. The summed E-state index contributed by atoms with van der Waals surface area (Å²) in [4.78, 5) is 2.92. The Balaban J connectivity index is 1.76. The summed E-state index contributed by atoms with van der Waals surface area (Å²) in [5, 5.41) is 0. The Morgan fingerprint density at radius 3 is 2.43 bits per heavy atom. The lowest BCUT2D eigenvalue weighted by Crippen LogP contribution is -2.48. The maximum absolute atomic E-state index is 2.92. The van der Waals surface area contributed by atoms with Crippen molar-refractivity contribution in [3.63, 3.8) is 0 Å². The van der Waals surface area contributed by atoms with Crippen LogP contribution in [0, 0.1) is 5.92 Å². The van der Waals surface area contributed by atoms with Gasteiger partial charge in [0.2, 0.25) is 0 Å². The van der Waals surface area contributed by atoms with Gasteiger partial charge in [-0.25, -0.2) is 0 Å². The Morgan fingerprint density at radius 2 is 1.86 bits per heavy atom. The summed E-state index contributed by atoms with van der Waals surface area (Å²) in [6.45, 7) is 3.88. The lowest BCUT2D eigenvalue weighted by Gasteiger charge is -2.43. The van der Waals surface area contributed by atoms with E-state index in [0.29, 0.717) is 5.54 Å². The van der Waals surface area contributed by atoms with Crippen molar-refractivity contribution < 1.29 is 0 Å². The van der Waals surface area contributed by atoms with E-state index in [9.17, 15) is 0 Å². The summed E-state index contributed by atoms with van der Waals surface area (Å²) in [6, 6.07) is 0.984. The fourth-order valence-corrected chi connectivity index (χ4v) is 3.72. The molecule has 3 aliphatic rings. The van der Waals surface area contributed by atoms with Crippen LogP contribution in [-0.2, 0) is 0 Å². The van der Waals surface area contributed by atoms with Gasteiger partial charge in [0.1, 0.15) is 0 Å². The van der Waals surface area contributed by atoms with E-state index >= 15 is 0 Å². The number of hydrogen-bond acceptors (Lipinski definition) is 1. The van der Waals surface area contributed by atoms with E-state index in [1.54, 1.807) is 0 Å². The van der Waals surface area contributed by atoms with Crippen molar-refractivity contribution in [3.8, 4) is 0 Å². The normalized spacial score (nSPS) is 44.8. The molecule has 0 N–H and O–H groups in total. The average molecular weight is 193 g/mol. The van der Waals surface area contributed by atoms with Crippen molar-refractivity contribution in [3.05, 3.63) is 0 Å². The zero-order chi connectivity index (χ0) is 9.60. The molecule has 2 aliphatic carbocycles. The largest absolute Gasteiger partial charge is 0.294 e. The van der Waals surface area contributed by atoms with Crippen LogP contribution in [0.5, 0.6) is 0 Å². The molecule has 0 aromatic heterocycles. The summed E-state index contributed by atoms with van der Waals surface area (Å²) >= 11 is 0. The highest BCUT2D eigenvalue weighted by Crippen LogP contribution is 2.55. The standard InChI is InChI=1S/C13H23N/c1-11-10-13(11)8-3-2-4-9-14(13)12-6-5-7-12/h11-12H,2-10H2,1H3/t11-,13?/m1/s1. The van der Waals surface area contributed by atoms with E-state index in [1.807, 2.05) is 0 Å². The average Bonchev–Trinajstić information content (AvgIpc) is 2.76. The van der Waals surface area contributed by atoms with Crippen LogP contribution in [0.2, 0.25) is 0 Å². The van der Waals surface area contributed by atoms with E-state index in [-0.39, 0.29) is 0 Å². The summed E-state index contributed by atoms with van der Waals surface area (Å²) in [5.74, 6) is 1.00. The van der Waals surface area contributed by atoms with Crippen LogP contribution < -0.4 is 0 Å². The molecule has 0 bridgehead atoms. The minimum atomic E-state index is 0.696. The number of likely N-dealkylation sites (tertiary alicyclic amines) is 1. The fraction of sp³-hybridized carbons (Fsp3) is 1.00. The highest BCUT2D eigenvalue weighted by atomic mass is 15.3. The molecule has 1 heteroatoms. The molecule has 2 atom stereocenters. The summed E-state index contributed by atoms with van der Waals surface area (Å²) in [6.07, 6.45) is 11.9. The lowest BCUT2D eigenvalue weighted by atomic mass is 9.89. The van der Waals surface area contributed by atoms with Crippen LogP contribution in [-0.4, -0.2) is 23.0 Å². The zero-order valence-corrected chi connectivity index (χ0v) is 9.47. The molecule has 1 aliphatic heterocycles. The molecule has 1 unspecified atom stereocenters. The Morgan fingerprint density at radius 1 is 1.07 bits per heavy atom. The zero-order valence-electron chi connectivity index (χ0n) is 9.47. The first-order chi connectivity index (χ1) is 6.83. The number of nitrogens with zero attached hydrogens (tertiary/aromatic N) is 1. The summed E-state index contributed by atoms with van der Waals surface area (Å²) in [7, 11) is 0. The van der Waals surface area contributed by atoms with Gasteiger partial charge in [-0.05, 0) is 44.6 Å². The van der Waals surface area contributed by atoms with Gasteiger partial charge in [-0.1, -0.05) is 26.2 Å². The first kappa shape index (κ1) is 9.21. The highest BCUT2D eigenvalue weighted by molar-refractivity contribution is 5.12. The smallest absolute Gasteiger partial charge is 0.0241 e. The molecule has 1 saturated heterocycles. The fourth-order valence-electron chi connectivity index (χ4n) is 3.72. The van der Waals surface area contributed by atoms with Crippen molar-refractivity contribution in [1.82, 2.24) is 4.90 Å². The van der Waals surface area contributed by atoms with Gasteiger partial charge in [-0.3, -0.25) is 4.90 Å². The van der Waals surface area contributed by atoms with Crippen LogP contribution in [0.15, 0.2) is 0 Å². The minimum absolute atomic E-state index is 0.696. The first-order valence-electron chi connectivity index (χ1n) is 6.60. The quantitative estimate of drug-likeness (QED) is 0.618. The molecule has 0 aromatic rings. The molecule has 1 spiro atoms. The van der Waals surface area contributed by atoms with E-state index in [2.05, 4.69) is 11.8 Å². The second-order valence-electron chi connectivity index (χ2n) is 5.80. The Kier molecular flexibility index (Phi) is 2.12. The molecule has 80 valence electrons. The molecule has 0 amide bonds. The molecule has 2 saturated carbocycles. The first-order valence-corrected chi connectivity index (χ1v) is 6.60. The Hall–Kier alpha value is -0.0400. The maximum Gasteiger partial charge on any atom is 0.0241 e. The maximum atomic E-state index is 2.92. The molecule has 1 heterocycles. The van der Waals surface area contributed by atoms with E-state index in [4.69, 9.17) is 0 Å². The van der Waals surface area contributed by atoms with Crippen molar-refractivity contribution in [2.45, 2.75) is 69.9 Å². The van der Waals surface area contributed by atoms with Gasteiger partial charge in [0.05, 0.1) is 0 Å². The van der Waals surface area contributed by atoms with E-state index < -0.39 is 0 Å². The molecule has 14 heavy (non-hydrogen) atoms. The van der Waals surface area contributed by atoms with E-state index in [0.717, 1.165) is 12.0 Å². The predicted molar refractivity (Wildman–Crippen MR) is 59.3 cm³/mol. The van der Waals surface area contributed by atoms with Gasteiger partial charge >= 0.3 is 0 Å². The second-order valence-corrected chi connectivity index (χ2v) is 5.80. The lowest BCUT2D eigenvalue weighted by molar-refractivity contribution is 0.0606. The van der Waals surface area contributed by atoms with Crippen molar-refractivity contribution in [2.75, 3.05) is 6.54 Å². The summed E-state index contributed by atoms with van der Waals surface area (Å²) < 4.78 is 0. The van der Waals surface area contributed by atoms with Crippen molar-refractivity contribution >= 4 is 0 Å². The molecule has 3 rings (SSSR count).